The molecule has 0 spiro atoms. The zero-order valence-corrected chi connectivity index (χ0v) is 12.7. The molecule has 1 heterocycles. The third-order valence-electron chi connectivity index (χ3n) is 3.83. The number of nitrogens with zero attached hydrogens (tertiary/aromatic N) is 1. The van der Waals surface area contributed by atoms with Gasteiger partial charge < -0.3 is 9.15 Å². The summed E-state index contributed by atoms with van der Waals surface area (Å²) in [5.41, 5.74) is 4.89. The van der Waals surface area contributed by atoms with E-state index in [0.29, 0.717) is 5.89 Å². The average Bonchev–Trinajstić information content (AvgIpc) is 3.06. The van der Waals surface area contributed by atoms with Gasteiger partial charge in [0.25, 0.3) is 0 Å². The monoisotopic (exact) mass is 301 g/mol. The summed E-state index contributed by atoms with van der Waals surface area (Å²) in [7, 11) is 1.68. The van der Waals surface area contributed by atoms with Crippen LogP contribution in [0.5, 0.6) is 5.75 Å². The number of methoxy groups -OCH3 is 1. The van der Waals surface area contributed by atoms with Crippen LogP contribution < -0.4 is 4.74 Å². The highest BCUT2D eigenvalue weighted by atomic mass is 16.5. The number of fused-ring (bicyclic) bond motifs is 1. The molecule has 0 unspecified atom stereocenters. The van der Waals surface area contributed by atoms with Gasteiger partial charge in [-0.05, 0) is 47.5 Å². The molecule has 0 atom stereocenters. The van der Waals surface area contributed by atoms with E-state index in [2.05, 4.69) is 23.2 Å². The first-order chi connectivity index (χ1) is 11.3. The van der Waals surface area contributed by atoms with Crippen molar-refractivity contribution in [3.8, 4) is 28.3 Å². The minimum atomic E-state index is 0.642. The molecule has 0 aliphatic carbocycles. The second kappa shape index (κ2) is 5.61. The molecular formula is C20H15NO2. The van der Waals surface area contributed by atoms with Crippen LogP contribution in [0.4, 0.5) is 0 Å². The van der Waals surface area contributed by atoms with E-state index in [0.717, 1.165) is 33.5 Å². The normalized spacial score (nSPS) is 10.8. The molecule has 0 radical (unpaired) electrons. The number of hydrogen-bond donors (Lipinski definition) is 0. The maximum absolute atomic E-state index is 5.81. The molecule has 0 bridgehead atoms. The highest BCUT2D eigenvalue weighted by Crippen LogP contribution is 2.28. The Morgan fingerprint density at radius 3 is 2.35 bits per heavy atom. The van der Waals surface area contributed by atoms with Gasteiger partial charge in [0.15, 0.2) is 5.58 Å². The van der Waals surface area contributed by atoms with Crippen LogP contribution in [0, 0.1) is 0 Å². The first-order valence-corrected chi connectivity index (χ1v) is 7.44. The van der Waals surface area contributed by atoms with Crippen molar-refractivity contribution in [3.05, 3.63) is 72.8 Å². The van der Waals surface area contributed by atoms with Gasteiger partial charge in [0.1, 0.15) is 11.3 Å². The molecule has 0 aliphatic heterocycles. The molecule has 112 valence electrons. The molecule has 1 aromatic heterocycles. The Balaban J connectivity index is 1.69. The van der Waals surface area contributed by atoms with Crippen LogP contribution in [0.25, 0.3) is 33.7 Å². The summed E-state index contributed by atoms with van der Waals surface area (Å²) < 4.78 is 11.1. The fourth-order valence-corrected chi connectivity index (χ4v) is 2.60. The zero-order chi connectivity index (χ0) is 15.6. The third-order valence-corrected chi connectivity index (χ3v) is 3.83. The van der Waals surface area contributed by atoms with Gasteiger partial charge >= 0.3 is 0 Å². The molecule has 0 amide bonds. The van der Waals surface area contributed by atoms with Crippen LogP contribution in [0.15, 0.2) is 77.2 Å². The molecule has 0 N–H and O–H groups in total. The Hall–Kier alpha value is -3.07. The van der Waals surface area contributed by atoms with Gasteiger partial charge in [-0.3, -0.25) is 0 Å². The maximum Gasteiger partial charge on any atom is 0.227 e. The zero-order valence-electron chi connectivity index (χ0n) is 12.7. The predicted octanol–water partition coefficient (Wildman–Crippen LogP) is 5.17. The van der Waals surface area contributed by atoms with Crippen molar-refractivity contribution in [3.63, 3.8) is 0 Å². The number of benzene rings is 3. The van der Waals surface area contributed by atoms with E-state index in [4.69, 9.17) is 9.15 Å². The Labute approximate surface area is 134 Å². The van der Waals surface area contributed by atoms with Gasteiger partial charge in [-0.1, -0.05) is 36.4 Å². The highest BCUT2D eigenvalue weighted by Gasteiger charge is 2.08. The van der Waals surface area contributed by atoms with Crippen molar-refractivity contribution in [2.75, 3.05) is 7.11 Å². The van der Waals surface area contributed by atoms with Gasteiger partial charge in [0, 0.05) is 5.56 Å². The molecule has 0 aliphatic rings. The Morgan fingerprint density at radius 1 is 0.783 bits per heavy atom. The molecule has 3 heteroatoms. The van der Waals surface area contributed by atoms with E-state index >= 15 is 0 Å². The van der Waals surface area contributed by atoms with Gasteiger partial charge in [-0.15, -0.1) is 0 Å². The lowest BCUT2D eigenvalue weighted by Gasteiger charge is -2.05. The Bertz CT molecular complexity index is 922. The number of para-hydroxylation sites is 2. The van der Waals surface area contributed by atoms with Crippen LogP contribution in [0.1, 0.15) is 0 Å². The largest absolute Gasteiger partial charge is 0.497 e. The smallest absolute Gasteiger partial charge is 0.227 e. The van der Waals surface area contributed by atoms with Crippen LogP contribution in [-0.4, -0.2) is 12.1 Å². The summed E-state index contributed by atoms with van der Waals surface area (Å²) in [5.74, 6) is 1.49. The van der Waals surface area contributed by atoms with Crippen LogP contribution in [0.2, 0.25) is 0 Å². The summed E-state index contributed by atoms with van der Waals surface area (Å²) in [5, 5.41) is 0. The average molecular weight is 301 g/mol. The van der Waals surface area contributed by atoms with E-state index in [1.165, 1.54) is 0 Å². The molecule has 0 saturated carbocycles. The Kier molecular flexibility index (Phi) is 3.31. The van der Waals surface area contributed by atoms with E-state index < -0.39 is 0 Å². The molecule has 0 saturated heterocycles. The second-order valence-electron chi connectivity index (χ2n) is 5.30. The fourth-order valence-electron chi connectivity index (χ4n) is 2.60. The molecule has 4 aromatic rings. The van der Waals surface area contributed by atoms with Crippen LogP contribution >= 0.6 is 0 Å². The summed E-state index contributed by atoms with van der Waals surface area (Å²) in [6, 6.07) is 24.0. The molecular weight excluding hydrogens is 286 g/mol. The van der Waals surface area contributed by atoms with Gasteiger partial charge in [0.05, 0.1) is 7.11 Å². The quantitative estimate of drug-likeness (QED) is 0.523. The summed E-state index contributed by atoms with van der Waals surface area (Å²) in [6.07, 6.45) is 0. The molecule has 4 rings (SSSR count). The highest BCUT2D eigenvalue weighted by molar-refractivity contribution is 5.76. The van der Waals surface area contributed by atoms with Gasteiger partial charge in [0.2, 0.25) is 5.89 Å². The molecule has 23 heavy (non-hydrogen) atoms. The molecule has 0 fully saturated rings. The van der Waals surface area contributed by atoms with Crippen molar-refractivity contribution in [1.29, 1.82) is 0 Å². The van der Waals surface area contributed by atoms with E-state index in [1.54, 1.807) is 7.11 Å². The first kappa shape index (κ1) is 13.6. The third kappa shape index (κ3) is 2.57. The predicted molar refractivity (Wildman–Crippen MR) is 91.4 cm³/mol. The van der Waals surface area contributed by atoms with Gasteiger partial charge in [-0.2, -0.15) is 0 Å². The van der Waals surface area contributed by atoms with Crippen molar-refractivity contribution in [2.45, 2.75) is 0 Å². The number of hydrogen-bond acceptors (Lipinski definition) is 3. The number of ether oxygens (including phenoxy) is 1. The lowest BCUT2D eigenvalue weighted by Crippen LogP contribution is -1.84. The lowest BCUT2D eigenvalue weighted by atomic mass is 10.0. The Morgan fingerprint density at radius 2 is 1.57 bits per heavy atom. The van der Waals surface area contributed by atoms with E-state index in [1.807, 2.05) is 54.6 Å². The van der Waals surface area contributed by atoms with Gasteiger partial charge in [-0.25, -0.2) is 4.98 Å². The van der Waals surface area contributed by atoms with Crippen molar-refractivity contribution < 1.29 is 9.15 Å². The number of rotatable bonds is 3. The fraction of sp³-hybridized carbons (Fsp3) is 0.0500. The SMILES string of the molecule is COc1cccc(-c2ccc(-c3nc4ccccc4o3)cc2)c1. The van der Waals surface area contributed by atoms with Crippen LogP contribution in [-0.2, 0) is 0 Å². The van der Waals surface area contributed by atoms with E-state index in [9.17, 15) is 0 Å². The van der Waals surface area contributed by atoms with Crippen molar-refractivity contribution in [2.24, 2.45) is 0 Å². The number of aromatic nitrogens is 1. The van der Waals surface area contributed by atoms with Crippen LogP contribution in [0.3, 0.4) is 0 Å². The summed E-state index contributed by atoms with van der Waals surface area (Å²) in [4.78, 5) is 4.53. The first-order valence-electron chi connectivity index (χ1n) is 7.44. The standard InChI is InChI=1S/C20H15NO2/c1-22-17-6-4-5-16(13-17)14-9-11-15(12-10-14)20-21-18-7-2-3-8-19(18)23-20/h2-13H,1H3. The van der Waals surface area contributed by atoms with Crippen molar-refractivity contribution >= 4 is 11.1 Å². The van der Waals surface area contributed by atoms with Crippen molar-refractivity contribution in [1.82, 2.24) is 4.98 Å². The number of oxazole rings is 1. The second-order valence-corrected chi connectivity index (χ2v) is 5.30. The summed E-state index contributed by atoms with van der Waals surface area (Å²) >= 11 is 0. The minimum absolute atomic E-state index is 0.642. The molecule has 3 aromatic carbocycles. The lowest BCUT2D eigenvalue weighted by molar-refractivity contribution is 0.415. The maximum atomic E-state index is 5.81. The van der Waals surface area contributed by atoms with E-state index in [-0.39, 0.29) is 0 Å². The minimum Gasteiger partial charge on any atom is -0.497 e. The topological polar surface area (TPSA) is 35.3 Å². The summed E-state index contributed by atoms with van der Waals surface area (Å²) in [6.45, 7) is 0. The molecule has 3 nitrogen and oxygen atoms in total.